The Morgan fingerprint density at radius 2 is 2.11 bits per heavy atom. The van der Waals surface area contributed by atoms with E-state index in [1.807, 2.05) is 6.07 Å². The van der Waals surface area contributed by atoms with Crippen molar-refractivity contribution >= 4 is 17.0 Å². The summed E-state index contributed by atoms with van der Waals surface area (Å²) in [6.45, 7) is 5.70. The summed E-state index contributed by atoms with van der Waals surface area (Å²) in [7, 11) is 0. The molecule has 1 N–H and O–H groups in total. The van der Waals surface area contributed by atoms with Crippen molar-refractivity contribution in [3.8, 4) is 5.75 Å². The highest BCUT2D eigenvalue weighted by molar-refractivity contribution is 5.85. The summed E-state index contributed by atoms with van der Waals surface area (Å²) in [4.78, 5) is 11.6. The minimum absolute atomic E-state index is 0.149. The van der Waals surface area contributed by atoms with Gasteiger partial charge in [0.15, 0.2) is 0 Å². The van der Waals surface area contributed by atoms with Gasteiger partial charge in [-0.2, -0.15) is 0 Å². The highest BCUT2D eigenvalue weighted by Crippen LogP contribution is 2.27. The molecule has 2 rings (SSSR count). The number of benzene rings is 1. The molecule has 0 unspecified atom stereocenters. The van der Waals surface area contributed by atoms with Crippen LogP contribution in [0.2, 0.25) is 0 Å². The molecule has 100 valence electrons. The standard InChI is InChI=1S/C16H18O3/c1-3-5-6-7-11-8-14(17)13-10-12(4-2)16(18)19-15(13)9-11/h4,8-10,17H,2-3,5-7H2,1H3. The van der Waals surface area contributed by atoms with E-state index < -0.39 is 5.63 Å². The zero-order valence-electron chi connectivity index (χ0n) is 11.1. The Bertz CT molecular complexity index is 653. The molecule has 1 heterocycles. The Morgan fingerprint density at radius 3 is 2.79 bits per heavy atom. The maximum Gasteiger partial charge on any atom is 0.343 e. The van der Waals surface area contributed by atoms with Gasteiger partial charge in [-0.25, -0.2) is 4.79 Å². The Morgan fingerprint density at radius 1 is 1.32 bits per heavy atom. The van der Waals surface area contributed by atoms with Crippen LogP contribution in [0.15, 0.2) is 34.0 Å². The van der Waals surface area contributed by atoms with E-state index in [1.165, 1.54) is 6.08 Å². The summed E-state index contributed by atoms with van der Waals surface area (Å²) in [5.74, 6) is 0.149. The molecule has 0 aliphatic heterocycles. The first-order chi connectivity index (χ1) is 9.15. The van der Waals surface area contributed by atoms with Crippen LogP contribution in [-0.2, 0) is 6.42 Å². The average molecular weight is 258 g/mol. The number of aromatic hydroxyl groups is 1. The summed E-state index contributed by atoms with van der Waals surface area (Å²) in [6, 6.07) is 5.18. The molecule has 0 atom stereocenters. The summed E-state index contributed by atoms with van der Waals surface area (Å²) in [5, 5.41) is 10.6. The van der Waals surface area contributed by atoms with E-state index in [0.29, 0.717) is 16.5 Å². The molecule has 0 saturated heterocycles. The molecular weight excluding hydrogens is 240 g/mol. The maximum atomic E-state index is 11.6. The SMILES string of the molecule is C=Cc1cc2c(O)cc(CCCCC)cc2oc1=O. The minimum atomic E-state index is -0.424. The number of unbranched alkanes of at least 4 members (excludes halogenated alkanes) is 2. The Hall–Kier alpha value is -2.03. The van der Waals surface area contributed by atoms with Crippen LogP contribution in [0.25, 0.3) is 17.0 Å². The first-order valence-corrected chi connectivity index (χ1v) is 6.58. The van der Waals surface area contributed by atoms with Crippen LogP contribution in [0.5, 0.6) is 5.75 Å². The summed E-state index contributed by atoms with van der Waals surface area (Å²) in [5.41, 5.74) is 1.36. The van der Waals surface area contributed by atoms with Crippen molar-refractivity contribution in [2.75, 3.05) is 0 Å². The van der Waals surface area contributed by atoms with Crippen molar-refractivity contribution in [2.24, 2.45) is 0 Å². The molecule has 0 fully saturated rings. The lowest BCUT2D eigenvalue weighted by atomic mass is 10.0. The van der Waals surface area contributed by atoms with E-state index in [1.54, 1.807) is 12.1 Å². The first kappa shape index (κ1) is 13.4. The molecule has 0 saturated carbocycles. The highest BCUT2D eigenvalue weighted by Gasteiger charge is 2.08. The summed E-state index contributed by atoms with van der Waals surface area (Å²) in [6.07, 6.45) is 5.68. The van der Waals surface area contributed by atoms with Crippen LogP contribution >= 0.6 is 0 Å². The molecule has 3 nitrogen and oxygen atoms in total. The molecule has 0 aliphatic rings. The maximum absolute atomic E-state index is 11.6. The smallest absolute Gasteiger partial charge is 0.343 e. The topological polar surface area (TPSA) is 50.4 Å². The molecule has 1 aromatic carbocycles. The number of fused-ring (bicyclic) bond motifs is 1. The summed E-state index contributed by atoms with van der Waals surface area (Å²) < 4.78 is 5.22. The van der Waals surface area contributed by atoms with Crippen molar-refractivity contribution in [3.05, 3.63) is 46.3 Å². The van der Waals surface area contributed by atoms with E-state index in [2.05, 4.69) is 13.5 Å². The van der Waals surface area contributed by atoms with Crippen LogP contribution in [0, 0.1) is 0 Å². The molecule has 0 radical (unpaired) electrons. The second kappa shape index (κ2) is 5.74. The molecule has 2 aromatic rings. The lowest BCUT2D eigenvalue weighted by Gasteiger charge is -2.06. The average Bonchev–Trinajstić information content (AvgIpc) is 2.38. The van der Waals surface area contributed by atoms with Crippen molar-refractivity contribution in [2.45, 2.75) is 32.6 Å². The van der Waals surface area contributed by atoms with Crippen LogP contribution in [0.4, 0.5) is 0 Å². The molecule has 0 aliphatic carbocycles. The number of rotatable bonds is 5. The highest BCUT2D eigenvalue weighted by atomic mass is 16.4. The van der Waals surface area contributed by atoms with E-state index in [4.69, 9.17) is 4.42 Å². The van der Waals surface area contributed by atoms with E-state index in [9.17, 15) is 9.90 Å². The Kier molecular flexibility index (Phi) is 4.05. The number of phenols is 1. The third kappa shape index (κ3) is 2.87. The normalized spacial score (nSPS) is 10.8. The van der Waals surface area contributed by atoms with Gasteiger partial charge in [-0.05, 0) is 36.6 Å². The lowest BCUT2D eigenvalue weighted by Crippen LogP contribution is -2.02. The second-order valence-electron chi connectivity index (χ2n) is 4.68. The van der Waals surface area contributed by atoms with Crippen molar-refractivity contribution in [3.63, 3.8) is 0 Å². The van der Waals surface area contributed by atoms with Crippen LogP contribution in [0.3, 0.4) is 0 Å². The van der Waals surface area contributed by atoms with Crippen LogP contribution in [-0.4, -0.2) is 5.11 Å². The summed E-state index contributed by atoms with van der Waals surface area (Å²) >= 11 is 0. The van der Waals surface area contributed by atoms with Gasteiger partial charge in [0, 0.05) is 0 Å². The predicted octanol–water partition coefficient (Wildman–Crippen LogP) is 3.87. The number of aryl methyl sites for hydroxylation is 1. The van der Waals surface area contributed by atoms with Gasteiger partial charge in [-0.1, -0.05) is 32.4 Å². The fourth-order valence-corrected chi connectivity index (χ4v) is 2.14. The van der Waals surface area contributed by atoms with Crippen LogP contribution in [0.1, 0.15) is 37.3 Å². The molecule has 19 heavy (non-hydrogen) atoms. The molecule has 0 amide bonds. The molecule has 1 aromatic heterocycles. The zero-order valence-corrected chi connectivity index (χ0v) is 11.1. The van der Waals surface area contributed by atoms with Crippen molar-refractivity contribution in [1.82, 2.24) is 0 Å². The van der Waals surface area contributed by atoms with E-state index in [-0.39, 0.29) is 5.75 Å². The number of hydrogen-bond donors (Lipinski definition) is 1. The lowest BCUT2D eigenvalue weighted by molar-refractivity contribution is 0.477. The van der Waals surface area contributed by atoms with Crippen molar-refractivity contribution < 1.29 is 9.52 Å². The molecule has 0 spiro atoms. The third-order valence-electron chi connectivity index (χ3n) is 3.21. The zero-order chi connectivity index (χ0) is 13.8. The molecule has 0 bridgehead atoms. The number of hydrogen-bond acceptors (Lipinski definition) is 3. The largest absolute Gasteiger partial charge is 0.507 e. The monoisotopic (exact) mass is 258 g/mol. The van der Waals surface area contributed by atoms with Gasteiger partial charge < -0.3 is 9.52 Å². The molecular formula is C16H18O3. The van der Waals surface area contributed by atoms with Gasteiger partial charge in [0.25, 0.3) is 0 Å². The second-order valence-corrected chi connectivity index (χ2v) is 4.68. The Balaban J connectivity index is 2.45. The quantitative estimate of drug-likeness (QED) is 0.654. The minimum Gasteiger partial charge on any atom is -0.507 e. The molecule has 3 heteroatoms. The third-order valence-corrected chi connectivity index (χ3v) is 3.21. The van der Waals surface area contributed by atoms with Gasteiger partial charge in [0.05, 0.1) is 10.9 Å². The number of phenolic OH excluding ortho intramolecular Hbond substituents is 1. The van der Waals surface area contributed by atoms with Gasteiger partial charge >= 0.3 is 5.63 Å². The fraction of sp³-hybridized carbons (Fsp3) is 0.312. The van der Waals surface area contributed by atoms with Gasteiger partial charge in [-0.3, -0.25) is 0 Å². The van der Waals surface area contributed by atoms with Crippen molar-refractivity contribution in [1.29, 1.82) is 0 Å². The Labute approximate surface area is 112 Å². The first-order valence-electron chi connectivity index (χ1n) is 6.58. The predicted molar refractivity (Wildman–Crippen MR) is 77.5 cm³/mol. The van der Waals surface area contributed by atoms with Crippen LogP contribution < -0.4 is 5.63 Å². The van der Waals surface area contributed by atoms with Gasteiger partial charge in [0.2, 0.25) is 0 Å². The fourth-order valence-electron chi connectivity index (χ4n) is 2.14. The van der Waals surface area contributed by atoms with E-state index in [0.717, 1.165) is 31.2 Å². The van der Waals surface area contributed by atoms with Gasteiger partial charge in [0.1, 0.15) is 11.3 Å². The van der Waals surface area contributed by atoms with Gasteiger partial charge in [-0.15, -0.1) is 0 Å². The van der Waals surface area contributed by atoms with E-state index >= 15 is 0 Å².